The molecule has 1 rings (SSSR count). The number of rotatable bonds is 5. The van der Waals surface area contributed by atoms with Crippen LogP contribution in [0.2, 0.25) is 0 Å². The maximum Gasteiger partial charge on any atom is 0.338 e. The second-order valence-corrected chi connectivity index (χ2v) is 4.80. The fraction of sp³-hybridized carbons (Fsp3) is 0.533. The summed E-state index contributed by atoms with van der Waals surface area (Å²) in [5, 5.41) is 0. The van der Waals surface area contributed by atoms with Crippen LogP contribution in [0.25, 0.3) is 0 Å². The molecule has 0 aliphatic carbocycles. The number of hydrogen-bond acceptors (Lipinski definition) is 3. The van der Waals surface area contributed by atoms with E-state index >= 15 is 0 Å². The van der Waals surface area contributed by atoms with E-state index in [-0.39, 0.29) is 5.97 Å². The van der Waals surface area contributed by atoms with Gasteiger partial charge in [-0.25, -0.2) is 4.79 Å². The maximum atomic E-state index is 12.0. The number of nitrogen functional groups attached to an aromatic ring is 1. The Bertz CT molecular complexity index is 423. The Morgan fingerprint density at radius 1 is 1.22 bits per heavy atom. The van der Waals surface area contributed by atoms with Crippen LogP contribution >= 0.6 is 0 Å². The molecule has 1 aromatic carbocycles. The molecule has 0 heterocycles. The fourth-order valence-electron chi connectivity index (χ4n) is 1.88. The first-order valence-electron chi connectivity index (χ1n) is 6.53. The van der Waals surface area contributed by atoms with E-state index in [4.69, 9.17) is 10.5 Å². The molecule has 0 amide bonds. The van der Waals surface area contributed by atoms with Crippen molar-refractivity contribution >= 4 is 11.7 Å². The lowest BCUT2D eigenvalue weighted by Gasteiger charge is -2.14. The van der Waals surface area contributed by atoms with Crippen molar-refractivity contribution < 1.29 is 9.53 Å². The van der Waals surface area contributed by atoms with Gasteiger partial charge >= 0.3 is 5.97 Å². The smallest absolute Gasteiger partial charge is 0.338 e. The molecule has 0 atom stereocenters. The third kappa shape index (κ3) is 3.49. The number of aryl methyl sites for hydroxylation is 2. The summed E-state index contributed by atoms with van der Waals surface area (Å²) in [6, 6.07) is 3.63. The number of carbonyl (C=O) groups excluding carboxylic acids is 1. The highest BCUT2D eigenvalue weighted by Gasteiger charge is 2.14. The van der Waals surface area contributed by atoms with Gasteiger partial charge in [-0.2, -0.15) is 0 Å². The third-order valence-electron chi connectivity index (χ3n) is 3.44. The van der Waals surface area contributed by atoms with Crippen molar-refractivity contribution in [2.75, 3.05) is 12.3 Å². The molecule has 2 N–H and O–H groups in total. The van der Waals surface area contributed by atoms with E-state index in [1.54, 1.807) is 6.07 Å². The average molecular weight is 249 g/mol. The third-order valence-corrected chi connectivity index (χ3v) is 3.44. The summed E-state index contributed by atoms with van der Waals surface area (Å²) in [6.45, 7) is 8.54. The molecule has 0 saturated carbocycles. The molecule has 0 unspecified atom stereocenters. The van der Waals surface area contributed by atoms with Crippen molar-refractivity contribution in [3.8, 4) is 0 Å². The van der Waals surface area contributed by atoms with E-state index in [0.29, 0.717) is 23.8 Å². The summed E-state index contributed by atoms with van der Waals surface area (Å²) in [5.41, 5.74) is 8.94. The molecule has 0 spiro atoms. The van der Waals surface area contributed by atoms with E-state index in [0.717, 1.165) is 24.0 Å². The van der Waals surface area contributed by atoms with Crippen LogP contribution in [-0.2, 0) is 4.74 Å². The van der Waals surface area contributed by atoms with E-state index in [1.807, 2.05) is 19.9 Å². The molecule has 0 fully saturated rings. The molecule has 18 heavy (non-hydrogen) atoms. The van der Waals surface area contributed by atoms with Gasteiger partial charge in [-0.1, -0.05) is 32.8 Å². The number of ether oxygens (including phenoxy) is 1. The maximum absolute atomic E-state index is 12.0. The molecular weight excluding hydrogens is 226 g/mol. The van der Waals surface area contributed by atoms with Gasteiger partial charge in [-0.3, -0.25) is 0 Å². The topological polar surface area (TPSA) is 52.3 Å². The molecule has 0 bridgehead atoms. The fourth-order valence-corrected chi connectivity index (χ4v) is 1.88. The Kier molecular flexibility index (Phi) is 5.20. The minimum atomic E-state index is -0.272. The lowest BCUT2D eigenvalue weighted by molar-refractivity contribution is 0.0432. The first-order chi connectivity index (χ1) is 8.49. The Hall–Kier alpha value is -1.51. The van der Waals surface area contributed by atoms with Crippen LogP contribution in [0.3, 0.4) is 0 Å². The predicted octanol–water partition coefficient (Wildman–Crippen LogP) is 3.48. The number of hydrogen-bond donors (Lipinski definition) is 1. The van der Waals surface area contributed by atoms with Crippen molar-refractivity contribution in [2.45, 2.75) is 40.5 Å². The van der Waals surface area contributed by atoms with E-state index in [2.05, 4.69) is 13.8 Å². The number of carbonyl (C=O) groups is 1. The highest BCUT2D eigenvalue weighted by Crippen LogP contribution is 2.19. The minimum Gasteiger partial charge on any atom is -0.462 e. The Morgan fingerprint density at radius 2 is 1.83 bits per heavy atom. The molecule has 0 aliphatic rings. The number of anilines is 1. The van der Waals surface area contributed by atoms with Crippen LogP contribution in [-0.4, -0.2) is 12.6 Å². The molecule has 1 aromatic rings. The van der Waals surface area contributed by atoms with Crippen LogP contribution in [0.4, 0.5) is 5.69 Å². The Balaban J connectivity index is 2.76. The van der Waals surface area contributed by atoms with Gasteiger partial charge in [0.2, 0.25) is 0 Å². The second-order valence-electron chi connectivity index (χ2n) is 4.80. The van der Waals surface area contributed by atoms with Gasteiger partial charge < -0.3 is 10.5 Å². The largest absolute Gasteiger partial charge is 0.462 e. The Morgan fingerprint density at radius 3 is 2.39 bits per heavy atom. The lowest BCUT2D eigenvalue weighted by Crippen LogP contribution is -2.14. The highest BCUT2D eigenvalue weighted by molar-refractivity contribution is 5.92. The number of nitrogens with two attached hydrogens (primary N) is 1. The van der Waals surface area contributed by atoms with E-state index in [9.17, 15) is 4.79 Å². The van der Waals surface area contributed by atoms with Crippen LogP contribution in [0.1, 0.15) is 48.2 Å². The summed E-state index contributed by atoms with van der Waals surface area (Å²) in [4.78, 5) is 12.0. The highest BCUT2D eigenvalue weighted by atomic mass is 16.5. The second kappa shape index (κ2) is 6.43. The van der Waals surface area contributed by atoms with Crippen molar-refractivity contribution in [1.82, 2.24) is 0 Å². The summed E-state index contributed by atoms with van der Waals surface area (Å²) in [6.07, 6.45) is 2.05. The number of esters is 1. The van der Waals surface area contributed by atoms with Gasteiger partial charge in [-0.05, 0) is 37.0 Å². The van der Waals surface area contributed by atoms with Gasteiger partial charge in [0.05, 0.1) is 12.2 Å². The van der Waals surface area contributed by atoms with Gasteiger partial charge in [0.25, 0.3) is 0 Å². The van der Waals surface area contributed by atoms with Crippen LogP contribution in [0.15, 0.2) is 12.1 Å². The zero-order valence-corrected chi connectivity index (χ0v) is 11.7. The van der Waals surface area contributed by atoms with Crippen molar-refractivity contribution in [1.29, 1.82) is 0 Å². The van der Waals surface area contributed by atoms with E-state index < -0.39 is 0 Å². The first-order valence-corrected chi connectivity index (χ1v) is 6.53. The normalized spacial score (nSPS) is 10.7. The van der Waals surface area contributed by atoms with E-state index in [1.165, 1.54) is 0 Å². The lowest BCUT2D eigenvalue weighted by atomic mass is 10.0. The predicted molar refractivity (Wildman–Crippen MR) is 74.7 cm³/mol. The summed E-state index contributed by atoms with van der Waals surface area (Å²) in [5.74, 6) is 0.170. The van der Waals surface area contributed by atoms with Crippen LogP contribution in [0, 0.1) is 19.8 Å². The summed E-state index contributed by atoms with van der Waals surface area (Å²) in [7, 11) is 0. The quantitative estimate of drug-likeness (QED) is 0.642. The Labute approximate surface area is 109 Å². The van der Waals surface area contributed by atoms with Crippen molar-refractivity contribution in [2.24, 2.45) is 5.92 Å². The summed E-state index contributed by atoms with van der Waals surface area (Å²) >= 11 is 0. The average Bonchev–Trinajstić information content (AvgIpc) is 2.34. The molecule has 0 aliphatic heterocycles. The minimum absolute atomic E-state index is 0.272. The molecule has 100 valence electrons. The van der Waals surface area contributed by atoms with Crippen molar-refractivity contribution in [3.63, 3.8) is 0 Å². The molecule has 0 aromatic heterocycles. The zero-order chi connectivity index (χ0) is 13.7. The van der Waals surface area contributed by atoms with Crippen LogP contribution < -0.4 is 5.73 Å². The molecule has 3 nitrogen and oxygen atoms in total. The van der Waals surface area contributed by atoms with Crippen molar-refractivity contribution in [3.05, 3.63) is 28.8 Å². The van der Waals surface area contributed by atoms with Gasteiger partial charge in [0.15, 0.2) is 0 Å². The van der Waals surface area contributed by atoms with Crippen LogP contribution in [0.5, 0.6) is 0 Å². The number of benzene rings is 1. The van der Waals surface area contributed by atoms with Gasteiger partial charge in [0.1, 0.15) is 0 Å². The molecular formula is C15H23NO2. The summed E-state index contributed by atoms with van der Waals surface area (Å²) < 4.78 is 5.35. The molecule has 3 heteroatoms. The molecule has 0 radical (unpaired) electrons. The SMILES string of the molecule is CCC(CC)COC(=O)c1cc(N)c(C)cc1C. The van der Waals surface area contributed by atoms with Gasteiger partial charge in [0, 0.05) is 5.69 Å². The first kappa shape index (κ1) is 14.6. The van der Waals surface area contributed by atoms with Gasteiger partial charge in [-0.15, -0.1) is 0 Å². The molecule has 0 saturated heterocycles. The monoisotopic (exact) mass is 249 g/mol. The zero-order valence-electron chi connectivity index (χ0n) is 11.7. The standard InChI is InChI=1S/C15H23NO2/c1-5-12(6-2)9-18-15(17)13-8-14(16)11(4)7-10(13)3/h7-8,12H,5-6,9,16H2,1-4H3.